The van der Waals surface area contributed by atoms with Gasteiger partial charge in [0.2, 0.25) is 0 Å². The van der Waals surface area contributed by atoms with E-state index >= 15 is 0 Å². The molecule has 134 valence electrons. The molecule has 4 rings (SSSR count). The zero-order valence-corrected chi connectivity index (χ0v) is 15.4. The lowest BCUT2D eigenvalue weighted by molar-refractivity contribution is 0.193. The van der Waals surface area contributed by atoms with Gasteiger partial charge in [-0.25, -0.2) is 9.78 Å². The summed E-state index contributed by atoms with van der Waals surface area (Å²) in [7, 11) is 0. The second-order valence-electron chi connectivity index (χ2n) is 6.58. The van der Waals surface area contributed by atoms with Crippen LogP contribution >= 0.6 is 11.3 Å². The highest BCUT2D eigenvalue weighted by molar-refractivity contribution is 7.10. The van der Waals surface area contributed by atoms with Crippen molar-refractivity contribution in [2.24, 2.45) is 0 Å². The third-order valence-corrected chi connectivity index (χ3v) is 5.75. The quantitative estimate of drug-likeness (QED) is 0.741. The largest absolute Gasteiger partial charge is 0.334 e. The highest BCUT2D eigenvalue weighted by atomic mass is 32.1. The highest BCUT2D eigenvalue weighted by Crippen LogP contribution is 2.34. The van der Waals surface area contributed by atoms with Gasteiger partial charge in [-0.05, 0) is 35.4 Å². The Kier molecular flexibility index (Phi) is 5.02. The molecule has 5 nitrogen and oxygen atoms in total. The lowest BCUT2D eigenvalue weighted by Crippen LogP contribution is -2.38. The number of hydrogen-bond acceptors (Lipinski definition) is 3. The first-order valence-corrected chi connectivity index (χ1v) is 9.79. The topological polar surface area (TPSA) is 50.2 Å². The molecular formula is C20H22N4OS. The van der Waals surface area contributed by atoms with Crippen LogP contribution in [0.4, 0.5) is 4.79 Å². The summed E-state index contributed by atoms with van der Waals surface area (Å²) in [5, 5.41) is 5.15. The summed E-state index contributed by atoms with van der Waals surface area (Å²) in [5.41, 5.74) is 2.33. The van der Waals surface area contributed by atoms with Crippen LogP contribution < -0.4 is 5.32 Å². The number of rotatable bonds is 5. The number of carbonyl (C=O) groups excluding carboxylic acids is 1. The molecule has 0 saturated carbocycles. The lowest BCUT2D eigenvalue weighted by Gasteiger charge is -2.24. The molecule has 0 aliphatic carbocycles. The maximum Gasteiger partial charge on any atom is 0.318 e. The molecule has 2 aromatic heterocycles. The first-order chi connectivity index (χ1) is 12.8. The van der Waals surface area contributed by atoms with E-state index in [1.807, 2.05) is 22.0 Å². The molecule has 1 N–H and O–H groups in total. The Balaban J connectivity index is 1.32. The maximum atomic E-state index is 12.6. The summed E-state index contributed by atoms with van der Waals surface area (Å²) in [6, 6.07) is 12.8. The van der Waals surface area contributed by atoms with Gasteiger partial charge in [0.1, 0.15) is 0 Å². The number of aromatic nitrogens is 2. The van der Waals surface area contributed by atoms with Crippen molar-refractivity contribution in [3.05, 3.63) is 76.5 Å². The van der Waals surface area contributed by atoms with E-state index in [9.17, 15) is 4.79 Å². The van der Waals surface area contributed by atoms with E-state index < -0.39 is 0 Å². The van der Waals surface area contributed by atoms with E-state index in [1.54, 1.807) is 17.5 Å². The molecule has 1 atom stereocenters. The van der Waals surface area contributed by atoms with Crippen molar-refractivity contribution in [3.63, 3.8) is 0 Å². The number of hydrogen-bond donors (Lipinski definition) is 1. The first-order valence-electron chi connectivity index (χ1n) is 8.91. The SMILES string of the molecule is O=C(NCc1ccc(Cn2ccnc2)cc1)N1CCCC1c1cccs1. The molecule has 0 spiro atoms. The fourth-order valence-electron chi connectivity index (χ4n) is 3.42. The second-order valence-corrected chi connectivity index (χ2v) is 7.56. The van der Waals surface area contributed by atoms with Crippen LogP contribution in [0, 0.1) is 0 Å². The highest BCUT2D eigenvalue weighted by Gasteiger charge is 2.30. The summed E-state index contributed by atoms with van der Waals surface area (Å²) in [4.78, 5) is 19.9. The normalized spacial score (nSPS) is 16.8. The van der Waals surface area contributed by atoms with Crippen LogP contribution in [-0.2, 0) is 13.1 Å². The molecule has 1 fully saturated rings. The molecule has 1 aliphatic rings. The van der Waals surface area contributed by atoms with Gasteiger partial charge < -0.3 is 14.8 Å². The van der Waals surface area contributed by atoms with Crippen molar-refractivity contribution < 1.29 is 4.79 Å². The minimum Gasteiger partial charge on any atom is -0.334 e. The smallest absolute Gasteiger partial charge is 0.318 e. The van der Waals surface area contributed by atoms with Crippen LogP contribution in [0.2, 0.25) is 0 Å². The Morgan fingerprint density at radius 2 is 2.08 bits per heavy atom. The van der Waals surface area contributed by atoms with Crippen molar-refractivity contribution in [2.75, 3.05) is 6.54 Å². The van der Waals surface area contributed by atoms with Gasteiger partial charge >= 0.3 is 6.03 Å². The van der Waals surface area contributed by atoms with Gasteiger partial charge in [0.15, 0.2) is 0 Å². The molecule has 3 heterocycles. The van der Waals surface area contributed by atoms with Gasteiger partial charge in [0, 0.05) is 36.9 Å². The summed E-state index contributed by atoms with van der Waals surface area (Å²) in [6.45, 7) is 2.19. The lowest BCUT2D eigenvalue weighted by atomic mass is 10.1. The van der Waals surface area contributed by atoms with E-state index in [0.29, 0.717) is 6.54 Å². The number of nitrogens with one attached hydrogen (secondary N) is 1. The summed E-state index contributed by atoms with van der Waals surface area (Å²) >= 11 is 1.73. The predicted molar refractivity (Wildman–Crippen MR) is 103 cm³/mol. The number of thiophene rings is 1. The minimum atomic E-state index is 0.0309. The van der Waals surface area contributed by atoms with Crippen LogP contribution in [0.15, 0.2) is 60.5 Å². The predicted octanol–water partition coefficient (Wildman–Crippen LogP) is 4.04. The molecule has 1 unspecified atom stereocenters. The van der Waals surface area contributed by atoms with E-state index in [1.165, 1.54) is 10.4 Å². The fourth-order valence-corrected chi connectivity index (χ4v) is 4.29. The Labute approximate surface area is 157 Å². The molecule has 6 heteroatoms. The van der Waals surface area contributed by atoms with Crippen LogP contribution in [0.1, 0.15) is 34.9 Å². The van der Waals surface area contributed by atoms with Crippen LogP contribution in [-0.4, -0.2) is 27.0 Å². The van der Waals surface area contributed by atoms with Crippen molar-refractivity contribution >= 4 is 17.4 Å². The van der Waals surface area contributed by atoms with Gasteiger partial charge in [0.25, 0.3) is 0 Å². The number of benzene rings is 1. The van der Waals surface area contributed by atoms with Crippen molar-refractivity contribution in [2.45, 2.75) is 32.0 Å². The molecule has 0 bridgehead atoms. The molecule has 1 aromatic carbocycles. The monoisotopic (exact) mass is 366 g/mol. The number of imidazole rings is 1. The molecule has 1 saturated heterocycles. The molecule has 2 amide bonds. The average Bonchev–Trinajstić information content (AvgIpc) is 3.41. The molecule has 3 aromatic rings. The molecule has 0 radical (unpaired) electrons. The third kappa shape index (κ3) is 3.80. The van der Waals surface area contributed by atoms with Gasteiger partial charge in [-0.1, -0.05) is 30.3 Å². The van der Waals surface area contributed by atoms with E-state index in [2.05, 4.69) is 52.1 Å². The number of nitrogens with zero attached hydrogens (tertiary/aromatic N) is 3. The third-order valence-electron chi connectivity index (χ3n) is 4.78. The summed E-state index contributed by atoms with van der Waals surface area (Å²) in [6.07, 6.45) is 7.67. The number of likely N-dealkylation sites (tertiary alicyclic amines) is 1. The van der Waals surface area contributed by atoms with E-state index in [-0.39, 0.29) is 12.1 Å². The Bertz CT molecular complexity index is 827. The average molecular weight is 366 g/mol. The molecular weight excluding hydrogens is 344 g/mol. The van der Waals surface area contributed by atoms with Crippen molar-refractivity contribution in [3.8, 4) is 0 Å². The summed E-state index contributed by atoms with van der Waals surface area (Å²) < 4.78 is 2.04. The van der Waals surface area contributed by atoms with Gasteiger partial charge in [-0.3, -0.25) is 0 Å². The Morgan fingerprint density at radius 1 is 1.23 bits per heavy atom. The van der Waals surface area contributed by atoms with Crippen LogP contribution in [0.25, 0.3) is 0 Å². The molecule has 1 aliphatic heterocycles. The number of amides is 2. The fraction of sp³-hybridized carbons (Fsp3) is 0.300. The van der Waals surface area contributed by atoms with Gasteiger partial charge in [-0.15, -0.1) is 11.3 Å². The van der Waals surface area contributed by atoms with Crippen LogP contribution in [0.3, 0.4) is 0 Å². The Hall–Kier alpha value is -2.60. The van der Waals surface area contributed by atoms with Crippen molar-refractivity contribution in [1.82, 2.24) is 19.8 Å². The zero-order valence-electron chi connectivity index (χ0n) is 14.5. The molecule has 26 heavy (non-hydrogen) atoms. The van der Waals surface area contributed by atoms with Gasteiger partial charge in [-0.2, -0.15) is 0 Å². The van der Waals surface area contributed by atoms with Gasteiger partial charge in [0.05, 0.1) is 12.4 Å². The maximum absolute atomic E-state index is 12.6. The number of urea groups is 1. The van der Waals surface area contributed by atoms with Crippen molar-refractivity contribution in [1.29, 1.82) is 0 Å². The second kappa shape index (κ2) is 7.74. The van der Waals surface area contributed by atoms with Crippen LogP contribution in [0.5, 0.6) is 0 Å². The Morgan fingerprint density at radius 3 is 2.81 bits per heavy atom. The standard InChI is InChI=1S/C20H22N4OS/c25-20(24-10-1-3-18(24)19-4-2-12-26-19)22-13-16-5-7-17(8-6-16)14-23-11-9-21-15-23/h2,4-9,11-12,15,18H,1,3,10,13-14H2,(H,22,25). The number of carbonyl (C=O) groups is 1. The van der Waals surface area contributed by atoms with E-state index in [0.717, 1.165) is 31.5 Å². The summed E-state index contributed by atoms with van der Waals surface area (Å²) in [5.74, 6) is 0. The minimum absolute atomic E-state index is 0.0309. The zero-order chi connectivity index (χ0) is 17.8. The van der Waals surface area contributed by atoms with E-state index in [4.69, 9.17) is 0 Å². The first kappa shape index (κ1) is 16.8.